The van der Waals surface area contributed by atoms with Crippen LogP contribution in [0.4, 0.5) is 5.69 Å². The van der Waals surface area contributed by atoms with Crippen molar-refractivity contribution in [2.45, 2.75) is 32.7 Å². The molecule has 0 amide bonds. The molecule has 0 aliphatic carbocycles. The average Bonchev–Trinajstić information content (AvgIpc) is 2.40. The second kappa shape index (κ2) is 8.94. The van der Waals surface area contributed by atoms with Gasteiger partial charge in [-0.05, 0) is 43.0 Å². The lowest BCUT2D eigenvalue weighted by Crippen LogP contribution is -2.23. The summed E-state index contributed by atoms with van der Waals surface area (Å²) < 4.78 is 0. The third kappa shape index (κ3) is 6.08. The van der Waals surface area contributed by atoms with E-state index >= 15 is 0 Å². The molecule has 3 nitrogen and oxygen atoms in total. The Bertz CT molecular complexity index is 329. The van der Waals surface area contributed by atoms with Gasteiger partial charge in [-0.1, -0.05) is 25.5 Å². The molecule has 0 aliphatic heterocycles. The molecule has 0 aromatic heterocycles. The molecule has 3 heteroatoms. The van der Waals surface area contributed by atoms with E-state index < -0.39 is 0 Å². The van der Waals surface area contributed by atoms with E-state index in [1.54, 1.807) is 0 Å². The number of hydrogen-bond donors (Lipinski definition) is 2. The zero-order chi connectivity index (χ0) is 14.1. The first-order chi connectivity index (χ1) is 9.17. The second-order valence-corrected chi connectivity index (χ2v) is 5.36. The van der Waals surface area contributed by atoms with E-state index in [-0.39, 0.29) is 0 Å². The molecule has 1 aromatic carbocycles. The largest absolute Gasteiger partial charge is 0.396 e. The van der Waals surface area contributed by atoms with Gasteiger partial charge >= 0.3 is 0 Å². The molecule has 19 heavy (non-hydrogen) atoms. The Kier molecular flexibility index (Phi) is 7.53. The van der Waals surface area contributed by atoms with Crippen molar-refractivity contribution in [3.8, 4) is 0 Å². The van der Waals surface area contributed by atoms with Gasteiger partial charge in [0.25, 0.3) is 0 Å². The van der Waals surface area contributed by atoms with Gasteiger partial charge in [0.05, 0.1) is 0 Å². The van der Waals surface area contributed by atoms with Crippen LogP contribution >= 0.6 is 0 Å². The zero-order valence-electron chi connectivity index (χ0n) is 12.5. The summed E-state index contributed by atoms with van der Waals surface area (Å²) in [5.74, 6) is 0.594. The molecular formula is C16H28N2O. The number of aliphatic hydroxyl groups is 1. The van der Waals surface area contributed by atoms with E-state index in [1.807, 2.05) is 0 Å². The third-order valence-electron chi connectivity index (χ3n) is 3.45. The van der Waals surface area contributed by atoms with E-state index in [0.29, 0.717) is 12.5 Å². The highest BCUT2D eigenvalue weighted by atomic mass is 16.3. The SMILES string of the molecule is CCCC(CCO)CNCc1ccc(N(C)C)cc1. The summed E-state index contributed by atoms with van der Waals surface area (Å²) in [7, 11) is 4.11. The topological polar surface area (TPSA) is 35.5 Å². The van der Waals surface area contributed by atoms with Gasteiger partial charge < -0.3 is 15.3 Å². The Hall–Kier alpha value is -1.06. The highest BCUT2D eigenvalue weighted by molar-refractivity contribution is 5.45. The number of aliphatic hydroxyl groups excluding tert-OH is 1. The molecule has 0 spiro atoms. The number of hydrogen-bond acceptors (Lipinski definition) is 3. The minimum Gasteiger partial charge on any atom is -0.396 e. The maximum Gasteiger partial charge on any atom is 0.0434 e. The van der Waals surface area contributed by atoms with E-state index in [2.05, 4.69) is 55.5 Å². The average molecular weight is 264 g/mol. The molecule has 108 valence electrons. The lowest BCUT2D eigenvalue weighted by molar-refractivity contribution is 0.248. The molecule has 0 radical (unpaired) electrons. The van der Waals surface area contributed by atoms with Crippen LogP contribution in [0, 0.1) is 5.92 Å². The Morgan fingerprint density at radius 3 is 2.37 bits per heavy atom. The highest BCUT2D eigenvalue weighted by Gasteiger charge is 2.06. The molecule has 2 N–H and O–H groups in total. The number of nitrogens with zero attached hydrogens (tertiary/aromatic N) is 1. The summed E-state index contributed by atoms with van der Waals surface area (Å²) in [5, 5.41) is 12.5. The fraction of sp³-hybridized carbons (Fsp3) is 0.625. The van der Waals surface area contributed by atoms with Crippen molar-refractivity contribution in [3.63, 3.8) is 0 Å². The smallest absolute Gasteiger partial charge is 0.0434 e. The Labute approximate surface area is 117 Å². The minimum absolute atomic E-state index is 0.296. The minimum atomic E-state index is 0.296. The van der Waals surface area contributed by atoms with Crippen molar-refractivity contribution in [2.24, 2.45) is 5.92 Å². The molecule has 1 aromatic rings. The van der Waals surface area contributed by atoms with E-state index in [1.165, 1.54) is 24.1 Å². The van der Waals surface area contributed by atoms with Gasteiger partial charge in [0.2, 0.25) is 0 Å². The molecule has 0 fully saturated rings. The zero-order valence-corrected chi connectivity index (χ0v) is 12.5. The van der Waals surface area contributed by atoms with Gasteiger partial charge in [-0.25, -0.2) is 0 Å². The fourth-order valence-corrected chi connectivity index (χ4v) is 2.27. The van der Waals surface area contributed by atoms with Crippen LogP contribution in [0.2, 0.25) is 0 Å². The van der Waals surface area contributed by atoms with Gasteiger partial charge in [-0.15, -0.1) is 0 Å². The fourth-order valence-electron chi connectivity index (χ4n) is 2.27. The van der Waals surface area contributed by atoms with Crippen molar-refractivity contribution in [2.75, 3.05) is 32.1 Å². The third-order valence-corrected chi connectivity index (χ3v) is 3.45. The van der Waals surface area contributed by atoms with Gasteiger partial charge in [0, 0.05) is 32.9 Å². The summed E-state index contributed by atoms with van der Waals surface area (Å²) in [6.45, 7) is 4.39. The maximum atomic E-state index is 9.03. The molecule has 1 atom stereocenters. The molecule has 0 saturated heterocycles. The van der Waals surface area contributed by atoms with Crippen LogP contribution in [-0.2, 0) is 6.54 Å². The Morgan fingerprint density at radius 2 is 1.84 bits per heavy atom. The summed E-state index contributed by atoms with van der Waals surface area (Å²) in [6.07, 6.45) is 3.28. The summed E-state index contributed by atoms with van der Waals surface area (Å²) >= 11 is 0. The first-order valence-corrected chi connectivity index (χ1v) is 7.25. The number of benzene rings is 1. The van der Waals surface area contributed by atoms with Crippen LogP contribution in [0.1, 0.15) is 31.7 Å². The summed E-state index contributed by atoms with van der Waals surface area (Å²) in [6, 6.07) is 8.63. The molecule has 0 saturated carbocycles. The lowest BCUT2D eigenvalue weighted by Gasteiger charge is -2.16. The number of anilines is 1. The van der Waals surface area contributed by atoms with Crippen LogP contribution < -0.4 is 10.2 Å². The molecule has 1 unspecified atom stereocenters. The van der Waals surface area contributed by atoms with Gasteiger partial charge in [-0.2, -0.15) is 0 Å². The van der Waals surface area contributed by atoms with Crippen molar-refractivity contribution in [1.29, 1.82) is 0 Å². The standard InChI is InChI=1S/C16H28N2O/c1-4-5-14(10-11-19)12-17-13-15-6-8-16(9-7-15)18(2)3/h6-9,14,17,19H,4-5,10-13H2,1-3H3. The van der Waals surface area contributed by atoms with Crippen molar-refractivity contribution in [1.82, 2.24) is 5.32 Å². The van der Waals surface area contributed by atoms with E-state index in [0.717, 1.165) is 19.5 Å². The Balaban J connectivity index is 2.35. The normalized spacial score (nSPS) is 12.4. The predicted molar refractivity (Wildman–Crippen MR) is 82.6 cm³/mol. The molecule has 0 bridgehead atoms. The van der Waals surface area contributed by atoms with Crippen LogP contribution in [0.5, 0.6) is 0 Å². The molecular weight excluding hydrogens is 236 g/mol. The van der Waals surface area contributed by atoms with Gasteiger partial charge in [0.15, 0.2) is 0 Å². The highest BCUT2D eigenvalue weighted by Crippen LogP contribution is 2.13. The van der Waals surface area contributed by atoms with Crippen LogP contribution in [-0.4, -0.2) is 32.4 Å². The summed E-state index contributed by atoms with van der Waals surface area (Å²) in [4.78, 5) is 2.11. The van der Waals surface area contributed by atoms with Crippen LogP contribution in [0.25, 0.3) is 0 Å². The van der Waals surface area contributed by atoms with Crippen LogP contribution in [0.3, 0.4) is 0 Å². The quantitative estimate of drug-likeness (QED) is 0.720. The summed E-state index contributed by atoms with van der Waals surface area (Å²) in [5.41, 5.74) is 2.54. The molecule has 0 heterocycles. The first kappa shape index (κ1) is 16.0. The maximum absolute atomic E-state index is 9.03. The molecule has 1 rings (SSSR count). The van der Waals surface area contributed by atoms with Gasteiger partial charge in [0.1, 0.15) is 0 Å². The Morgan fingerprint density at radius 1 is 1.16 bits per heavy atom. The van der Waals surface area contributed by atoms with E-state index in [4.69, 9.17) is 5.11 Å². The number of nitrogens with one attached hydrogen (secondary N) is 1. The second-order valence-electron chi connectivity index (χ2n) is 5.36. The number of rotatable bonds is 9. The van der Waals surface area contributed by atoms with Gasteiger partial charge in [-0.3, -0.25) is 0 Å². The van der Waals surface area contributed by atoms with Crippen LogP contribution in [0.15, 0.2) is 24.3 Å². The van der Waals surface area contributed by atoms with Crippen molar-refractivity contribution in [3.05, 3.63) is 29.8 Å². The predicted octanol–water partition coefficient (Wildman–Crippen LogP) is 2.64. The first-order valence-electron chi connectivity index (χ1n) is 7.25. The van der Waals surface area contributed by atoms with Crippen molar-refractivity contribution >= 4 is 5.69 Å². The monoisotopic (exact) mass is 264 g/mol. The molecule has 0 aliphatic rings. The van der Waals surface area contributed by atoms with E-state index in [9.17, 15) is 0 Å². The lowest BCUT2D eigenvalue weighted by atomic mass is 10.0. The van der Waals surface area contributed by atoms with Crippen molar-refractivity contribution < 1.29 is 5.11 Å².